The Morgan fingerprint density at radius 3 is 1.13 bits per heavy atom. The van der Waals surface area contributed by atoms with Gasteiger partial charge in [-0.1, -0.05) is 173 Å². The largest absolute Gasteiger partial charge is 0.252 e. The molecule has 0 radical (unpaired) electrons. The Morgan fingerprint density at radius 1 is 0.317 bits per heavy atom. The van der Waals surface area contributed by atoms with Crippen LogP contribution in [0, 0.1) is 6.92 Å². The first kappa shape index (κ1) is 38.2. The average molecular weight is 776 g/mol. The predicted octanol–water partition coefficient (Wildman–Crippen LogP) is 14.5. The molecule has 0 saturated carbocycles. The monoisotopic (exact) mass is 775 g/mol. The fourth-order valence-electron chi connectivity index (χ4n) is 8.58. The number of benzene rings is 9. The van der Waals surface area contributed by atoms with Crippen LogP contribution in [0.4, 0.5) is 0 Å². The van der Waals surface area contributed by atoms with Gasteiger partial charge in [0.05, 0.1) is 27.8 Å². The van der Waals surface area contributed by atoms with E-state index < -0.39 is 0 Å². The fourth-order valence-corrected chi connectivity index (χ4v) is 8.58. The molecule has 0 unspecified atom stereocenters. The third-order valence-electron chi connectivity index (χ3n) is 11.4. The van der Waals surface area contributed by atoms with E-state index in [0.717, 1.165) is 57.5 Å². The van der Waals surface area contributed by atoms with Gasteiger partial charge in [-0.3, -0.25) is 9.97 Å². The van der Waals surface area contributed by atoms with Crippen molar-refractivity contribution in [2.45, 2.75) is 41.0 Å². The SMILES string of the molecule is C.CCc1ccc2c3ccccc3c3ccccc3c2n1.CCc1ncc2c3ccccc3c3ccccc3c2n1.Cc1cnc2c3ccccc3c3ccccc3c2n1. The Labute approximate surface area is 349 Å². The first-order valence-corrected chi connectivity index (χ1v) is 20.4. The third kappa shape index (κ3) is 6.58. The molecule has 12 aromatic rings. The van der Waals surface area contributed by atoms with E-state index >= 15 is 0 Å². The molecule has 0 aliphatic heterocycles. The molecule has 0 saturated heterocycles. The molecule has 0 bridgehead atoms. The molecule has 5 nitrogen and oxygen atoms in total. The minimum Gasteiger partial charge on any atom is -0.252 e. The van der Waals surface area contributed by atoms with Crippen LogP contribution in [0.3, 0.4) is 0 Å². The summed E-state index contributed by atoms with van der Waals surface area (Å²) in [6.45, 7) is 6.22. The molecule has 0 amide bonds. The Bertz CT molecular complexity index is 3290. The summed E-state index contributed by atoms with van der Waals surface area (Å²) in [6.07, 6.45) is 5.63. The standard InChI is InChI=1S/C19H15N.C18H14N2.C17H12N2.CH4/c1-2-13-11-12-18-16-9-4-3-7-14(16)15-8-5-6-10-17(15)19(18)20-13;1-2-17-19-11-16-14-9-4-3-7-12(14)13-8-5-6-10-15(13)18(16)20-17;1-11-10-18-16-14-8-4-2-6-12(14)13-7-3-5-9-15(13)17(16)19-11;/h3-12H,2H2,1H3;3-11H,2H2,1H3;2-10H,1H3;1H4. The highest BCUT2D eigenvalue weighted by atomic mass is 14.9. The molecule has 0 aliphatic rings. The van der Waals surface area contributed by atoms with E-state index in [1.165, 1.54) is 70.0 Å². The zero-order valence-corrected chi connectivity index (χ0v) is 33.3. The summed E-state index contributed by atoms with van der Waals surface area (Å²) in [4.78, 5) is 23.4. The highest BCUT2D eigenvalue weighted by Crippen LogP contribution is 2.36. The molecule has 0 aliphatic carbocycles. The van der Waals surface area contributed by atoms with Crippen molar-refractivity contribution in [3.8, 4) is 0 Å². The number of aromatic nitrogens is 5. The Hall–Kier alpha value is -7.37. The summed E-state index contributed by atoms with van der Waals surface area (Å²) in [5.41, 5.74) is 6.27. The Kier molecular flexibility index (Phi) is 10.2. The van der Waals surface area contributed by atoms with Gasteiger partial charge in [-0.25, -0.2) is 15.0 Å². The van der Waals surface area contributed by atoms with Crippen molar-refractivity contribution in [3.63, 3.8) is 0 Å². The van der Waals surface area contributed by atoms with Gasteiger partial charge < -0.3 is 0 Å². The molecule has 9 aromatic carbocycles. The van der Waals surface area contributed by atoms with Crippen molar-refractivity contribution in [1.29, 1.82) is 0 Å². The van der Waals surface area contributed by atoms with Crippen LogP contribution in [0.2, 0.25) is 0 Å². The molecule has 0 fully saturated rings. The van der Waals surface area contributed by atoms with E-state index in [4.69, 9.17) is 15.0 Å². The maximum absolute atomic E-state index is 4.87. The number of fused-ring (bicyclic) bond motifs is 18. The number of pyridine rings is 1. The molecule has 290 valence electrons. The van der Waals surface area contributed by atoms with Crippen molar-refractivity contribution >= 4 is 97.5 Å². The highest BCUT2D eigenvalue weighted by molar-refractivity contribution is 6.25. The van der Waals surface area contributed by atoms with Crippen LogP contribution in [0.1, 0.15) is 38.5 Å². The van der Waals surface area contributed by atoms with Gasteiger partial charge >= 0.3 is 0 Å². The summed E-state index contributed by atoms with van der Waals surface area (Å²) >= 11 is 0. The van der Waals surface area contributed by atoms with Gasteiger partial charge in [-0.05, 0) is 62.5 Å². The van der Waals surface area contributed by atoms with E-state index in [2.05, 4.69) is 182 Å². The molecule has 3 heterocycles. The summed E-state index contributed by atoms with van der Waals surface area (Å²) in [7, 11) is 0. The van der Waals surface area contributed by atoms with Crippen molar-refractivity contribution in [2.75, 3.05) is 0 Å². The van der Waals surface area contributed by atoms with Crippen LogP contribution in [0.5, 0.6) is 0 Å². The lowest BCUT2D eigenvalue weighted by Crippen LogP contribution is -1.94. The van der Waals surface area contributed by atoms with Crippen molar-refractivity contribution in [2.24, 2.45) is 0 Å². The number of aryl methyl sites for hydroxylation is 3. The van der Waals surface area contributed by atoms with E-state index in [9.17, 15) is 0 Å². The van der Waals surface area contributed by atoms with Crippen LogP contribution in [0.15, 0.2) is 170 Å². The molecule has 0 spiro atoms. The van der Waals surface area contributed by atoms with Crippen molar-refractivity contribution in [3.05, 3.63) is 187 Å². The average Bonchev–Trinajstić information content (AvgIpc) is 3.32. The molecule has 12 rings (SSSR count). The van der Waals surface area contributed by atoms with Crippen LogP contribution >= 0.6 is 0 Å². The lowest BCUT2D eigenvalue weighted by Gasteiger charge is -2.10. The number of hydrogen-bond donors (Lipinski definition) is 0. The van der Waals surface area contributed by atoms with Crippen LogP contribution in [0.25, 0.3) is 97.5 Å². The lowest BCUT2D eigenvalue weighted by atomic mass is 9.97. The van der Waals surface area contributed by atoms with Gasteiger partial charge in [0.1, 0.15) is 5.82 Å². The molecule has 0 N–H and O–H groups in total. The first-order chi connectivity index (χ1) is 29.1. The summed E-state index contributed by atoms with van der Waals surface area (Å²) in [6, 6.07) is 55.3. The second kappa shape index (κ2) is 16.1. The second-order valence-corrected chi connectivity index (χ2v) is 14.9. The number of hydrogen-bond acceptors (Lipinski definition) is 5. The Morgan fingerprint density at radius 2 is 0.683 bits per heavy atom. The zero-order valence-electron chi connectivity index (χ0n) is 33.3. The van der Waals surface area contributed by atoms with Gasteiger partial charge in [0.25, 0.3) is 0 Å². The number of rotatable bonds is 2. The van der Waals surface area contributed by atoms with Gasteiger partial charge in [0.2, 0.25) is 0 Å². The molecule has 60 heavy (non-hydrogen) atoms. The van der Waals surface area contributed by atoms with Gasteiger partial charge in [-0.2, -0.15) is 0 Å². The number of nitrogens with zero attached hydrogens (tertiary/aromatic N) is 5. The minimum absolute atomic E-state index is 0. The maximum Gasteiger partial charge on any atom is 0.128 e. The smallest absolute Gasteiger partial charge is 0.128 e. The van der Waals surface area contributed by atoms with Gasteiger partial charge in [-0.15, -0.1) is 0 Å². The normalized spacial score (nSPS) is 11.2. The van der Waals surface area contributed by atoms with Crippen molar-refractivity contribution < 1.29 is 0 Å². The molecular formula is C55H45N5. The molecule has 0 atom stereocenters. The quantitative estimate of drug-likeness (QED) is 0.164. The van der Waals surface area contributed by atoms with Gasteiger partial charge in [0, 0.05) is 56.8 Å². The van der Waals surface area contributed by atoms with Crippen molar-refractivity contribution in [1.82, 2.24) is 24.9 Å². The zero-order chi connectivity index (χ0) is 39.9. The molecule has 5 heteroatoms. The summed E-state index contributed by atoms with van der Waals surface area (Å²) in [5.74, 6) is 0.901. The summed E-state index contributed by atoms with van der Waals surface area (Å²) < 4.78 is 0. The topological polar surface area (TPSA) is 64.5 Å². The van der Waals surface area contributed by atoms with Crippen LogP contribution in [-0.4, -0.2) is 24.9 Å². The van der Waals surface area contributed by atoms with Crippen LogP contribution in [-0.2, 0) is 12.8 Å². The molecular weight excluding hydrogens is 731 g/mol. The second-order valence-electron chi connectivity index (χ2n) is 14.9. The summed E-state index contributed by atoms with van der Waals surface area (Å²) in [5, 5.41) is 17.3. The Balaban J connectivity index is 0.000000115. The van der Waals surface area contributed by atoms with E-state index in [1.807, 2.05) is 19.3 Å². The fraction of sp³-hybridized carbons (Fsp3) is 0.109. The lowest BCUT2D eigenvalue weighted by molar-refractivity contribution is 0.963. The predicted molar refractivity (Wildman–Crippen MR) is 256 cm³/mol. The maximum atomic E-state index is 4.87. The first-order valence-electron chi connectivity index (χ1n) is 20.4. The highest BCUT2D eigenvalue weighted by Gasteiger charge is 2.12. The minimum atomic E-state index is 0. The third-order valence-corrected chi connectivity index (χ3v) is 11.4. The van der Waals surface area contributed by atoms with E-state index in [1.54, 1.807) is 0 Å². The van der Waals surface area contributed by atoms with E-state index in [-0.39, 0.29) is 7.43 Å². The van der Waals surface area contributed by atoms with Gasteiger partial charge in [0.15, 0.2) is 0 Å². The molecule has 3 aromatic heterocycles. The van der Waals surface area contributed by atoms with E-state index in [0.29, 0.717) is 0 Å². The van der Waals surface area contributed by atoms with Crippen LogP contribution < -0.4 is 0 Å².